The number of quaternary nitrogens is 2. The number of benzene rings is 2. The van der Waals surface area contributed by atoms with Gasteiger partial charge in [0, 0.05) is 11.4 Å². The predicted molar refractivity (Wildman–Crippen MR) is 124 cm³/mol. The molecule has 4 N–H and O–H groups in total. The van der Waals surface area contributed by atoms with E-state index in [2.05, 4.69) is 34.2 Å². The number of carbonyl (C=O) groups excluding carboxylic acids is 1. The quantitative estimate of drug-likeness (QED) is 0.502. The summed E-state index contributed by atoms with van der Waals surface area (Å²) < 4.78 is 0. The van der Waals surface area contributed by atoms with Crippen LogP contribution in [-0.2, 0) is 4.79 Å². The molecule has 7 nitrogen and oxygen atoms in total. The van der Waals surface area contributed by atoms with Crippen molar-refractivity contribution in [2.24, 2.45) is 0 Å². The summed E-state index contributed by atoms with van der Waals surface area (Å²) in [6, 6.07) is 15.7. The Balaban J connectivity index is 1.23. The average molecular weight is 426 g/mol. The van der Waals surface area contributed by atoms with E-state index >= 15 is 0 Å². The molecule has 0 radical (unpaired) electrons. The highest BCUT2D eigenvalue weighted by Crippen LogP contribution is 2.26. The Morgan fingerprint density at radius 3 is 2.16 bits per heavy atom. The van der Waals surface area contributed by atoms with Crippen molar-refractivity contribution in [3.63, 3.8) is 0 Å². The number of likely N-dealkylation sites (N-methyl/N-ethyl adjacent to an activating group) is 1. The summed E-state index contributed by atoms with van der Waals surface area (Å²) in [4.78, 5) is 20.1. The van der Waals surface area contributed by atoms with Gasteiger partial charge in [0.15, 0.2) is 6.54 Å². The summed E-state index contributed by atoms with van der Waals surface area (Å²) in [6.45, 7) is 11.9. The Hall–Kier alpha value is -2.77. The number of amides is 1. The number of rotatable bonds is 6. The van der Waals surface area contributed by atoms with Crippen LogP contribution < -0.4 is 24.9 Å². The van der Waals surface area contributed by atoms with E-state index in [-0.39, 0.29) is 5.91 Å². The Labute approximate surface area is 184 Å². The molecule has 2 aliphatic heterocycles. The SMILES string of the molecule is CC[NH+]1CCN(c2ccc(NC(=O)C[NH+]3CCN(c4ccccc4O)CC3)cc2)CC1. The van der Waals surface area contributed by atoms with Gasteiger partial charge in [0.1, 0.15) is 5.75 Å². The van der Waals surface area contributed by atoms with Crippen LogP contribution in [0.25, 0.3) is 0 Å². The maximum Gasteiger partial charge on any atom is 0.279 e. The maximum absolute atomic E-state index is 12.5. The molecule has 2 fully saturated rings. The molecule has 0 saturated carbocycles. The van der Waals surface area contributed by atoms with E-state index in [9.17, 15) is 9.90 Å². The van der Waals surface area contributed by atoms with E-state index in [4.69, 9.17) is 0 Å². The second-order valence-electron chi connectivity index (χ2n) is 8.59. The third-order valence-corrected chi connectivity index (χ3v) is 6.59. The van der Waals surface area contributed by atoms with Crippen molar-refractivity contribution >= 4 is 23.0 Å². The number of phenolic OH excluding ortho intramolecular Hbond substituents is 1. The number of aromatic hydroxyl groups is 1. The third-order valence-electron chi connectivity index (χ3n) is 6.59. The maximum atomic E-state index is 12.5. The van der Waals surface area contributed by atoms with Crippen LogP contribution in [0.15, 0.2) is 48.5 Å². The molecule has 2 aromatic carbocycles. The molecule has 2 saturated heterocycles. The number of nitrogens with one attached hydrogen (secondary N) is 3. The first kappa shape index (κ1) is 21.5. The van der Waals surface area contributed by atoms with Crippen molar-refractivity contribution in [2.75, 3.05) is 80.6 Å². The number of carbonyl (C=O) groups is 1. The molecule has 31 heavy (non-hydrogen) atoms. The van der Waals surface area contributed by atoms with E-state index in [0.29, 0.717) is 12.3 Å². The van der Waals surface area contributed by atoms with E-state index in [1.54, 1.807) is 11.0 Å². The molecular formula is C24H35N5O2+2. The van der Waals surface area contributed by atoms with Crippen molar-refractivity contribution in [2.45, 2.75) is 6.92 Å². The first-order chi connectivity index (χ1) is 15.1. The summed E-state index contributed by atoms with van der Waals surface area (Å²) in [5.74, 6) is 0.375. The molecule has 0 bridgehead atoms. The lowest BCUT2D eigenvalue weighted by atomic mass is 10.2. The van der Waals surface area contributed by atoms with Gasteiger partial charge in [-0.05, 0) is 43.3 Å². The molecule has 0 aliphatic carbocycles. The van der Waals surface area contributed by atoms with Crippen molar-refractivity contribution in [3.05, 3.63) is 48.5 Å². The summed E-state index contributed by atoms with van der Waals surface area (Å²) in [7, 11) is 0. The highest BCUT2D eigenvalue weighted by Gasteiger charge is 2.24. The Morgan fingerprint density at radius 2 is 1.52 bits per heavy atom. The number of piperazine rings is 2. The molecule has 7 heteroatoms. The fourth-order valence-electron chi connectivity index (χ4n) is 4.59. The van der Waals surface area contributed by atoms with Crippen LogP contribution in [0, 0.1) is 0 Å². The molecule has 4 rings (SSSR count). The number of nitrogens with zero attached hydrogens (tertiary/aromatic N) is 2. The van der Waals surface area contributed by atoms with Crippen LogP contribution in [0.2, 0.25) is 0 Å². The smallest absolute Gasteiger partial charge is 0.279 e. The van der Waals surface area contributed by atoms with Crippen LogP contribution in [0.3, 0.4) is 0 Å². The zero-order valence-electron chi connectivity index (χ0n) is 18.4. The van der Waals surface area contributed by atoms with Gasteiger partial charge >= 0.3 is 0 Å². The lowest BCUT2D eigenvalue weighted by molar-refractivity contribution is -0.898. The molecule has 166 valence electrons. The van der Waals surface area contributed by atoms with Crippen molar-refractivity contribution in [1.29, 1.82) is 0 Å². The van der Waals surface area contributed by atoms with Gasteiger partial charge in [0.25, 0.3) is 5.91 Å². The monoisotopic (exact) mass is 425 g/mol. The van der Waals surface area contributed by atoms with Crippen molar-refractivity contribution in [3.8, 4) is 5.75 Å². The molecule has 1 amide bonds. The second-order valence-corrected chi connectivity index (χ2v) is 8.59. The van der Waals surface area contributed by atoms with Crippen LogP contribution in [0.1, 0.15) is 6.92 Å². The molecule has 0 atom stereocenters. The molecule has 2 aromatic rings. The molecule has 2 heterocycles. The standard InChI is InChI=1S/C24H33N5O2/c1-2-26-11-15-28(16-12-26)21-9-7-20(8-10-21)25-24(31)19-27-13-17-29(18-14-27)22-5-3-4-6-23(22)30/h3-10,30H,2,11-19H2,1H3,(H,25,31)/p+2. The van der Waals surface area contributed by atoms with Gasteiger partial charge in [-0.1, -0.05) is 12.1 Å². The Kier molecular flexibility index (Phi) is 6.94. The minimum Gasteiger partial charge on any atom is -0.506 e. The zero-order valence-corrected chi connectivity index (χ0v) is 18.4. The number of hydrogen-bond donors (Lipinski definition) is 4. The fourth-order valence-corrected chi connectivity index (χ4v) is 4.59. The fraction of sp³-hybridized carbons (Fsp3) is 0.458. The summed E-state index contributed by atoms with van der Waals surface area (Å²) >= 11 is 0. The van der Waals surface area contributed by atoms with E-state index in [0.717, 1.165) is 50.6 Å². The highest BCUT2D eigenvalue weighted by atomic mass is 16.3. The normalized spacial score (nSPS) is 18.2. The van der Waals surface area contributed by atoms with Gasteiger partial charge in [-0.15, -0.1) is 0 Å². The number of hydrogen-bond acceptors (Lipinski definition) is 4. The van der Waals surface area contributed by atoms with E-state index in [1.165, 1.54) is 30.2 Å². The molecule has 0 aromatic heterocycles. The lowest BCUT2D eigenvalue weighted by Crippen LogP contribution is -3.15. The Morgan fingerprint density at radius 1 is 0.903 bits per heavy atom. The first-order valence-corrected chi connectivity index (χ1v) is 11.5. The van der Waals surface area contributed by atoms with Crippen LogP contribution in [0.5, 0.6) is 5.75 Å². The summed E-state index contributed by atoms with van der Waals surface area (Å²) in [6.07, 6.45) is 0. The lowest BCUT2D eigenvalue weighted by Gasteiger charge is -2.33. The third kappa shape index (κ3) is 5.48. The minimum atomic E-state index is 0.0546. The van der Waals surface area contributed by atoms with Crippen LogP contribution >= 0.6 is 0 Å². The summed E-state index contributed by atoms with van der Waals surface area (Å²) in [5.41, 5.74) is 2.97. The zero-order chi connectivity index (χ0) is 21.6. The van der Waals surface area contributed by atoms with Crippen molar-refractivity contribution in [1.82, 2.24) is 0 Å². The van der Waals surface area contributed by atoms with Gasteiger partial charge in [-0.2, -0.15) is 0 Å². The largest absolute Gasteiger partial charge is 0.506 e. The van der Waals surface area contributed by atoms with Gasteiger partial charge < -0.3 is 30.0 Å². The van der Waals surface area contributed by atoms with Gasteiger partial charge in [0.05, 0.1) is 64.6 Å². The number of anilines is 3. The minimum absolute atomic E-state index is 0.0546. The van der Waals surface area contributed by atoms with Gasteiger partial charge in [-0.3, -0.25) is 4.79 Å². The second kappa shape index (κ2) is 10.0. The Bertz CT molecular complexity index is 857. The van der Waals surface area contributed by atoms with E-state index < -0.39 is 0 Å². The summed E-state index contributed by atoms with van der Waals surface area (Å²) in [5, 5.41) is 13.1. The van der Waals surface area contributed by atoms with Gasteiger partial charge in [0.2, 0.25) is 0 Å². The topological polar surface area (TPSA) is 64.7 Å². The number of phenols is 1. The van der Waals surface area contributed by atoms with E-state index in [1.807, 2.05) is 30.3 Å². The van der Waals surface area contributed by atoms with Gasteiger partial charge in [-0.25, -0.2) is 0 Å². The van der Waals surface area contributed by atoms with Crippen LogP contribution in [0.4, 0.5) is 17.1 Å². The van der Waals surface area contributed by atoms with Crippen LogP contribution in [-0.4, -0.2) is 76.5 Å². The average Bonchev–Trinajstić information content (AvgIpc) is 2.81. The highest BCUT2D eigenvalue weighted by molar-refractivity contribution is 5.91. The van der Waals surface area contributed by atoms with Crippen molar-refractivity contribution < 1.29 is 19.7 Å². The molecular weight excluding hydrogens is 390 g/mol. The molecule has 0 spiro atoms. The molecule has 0 unspecified atom stereocenters. The molecule has 2 aliphatic rings. The predicted octanol–water partition coefficient (Wildman–Crippen LogP) is -0.539. The first-order valence-electron chi connectivity index (χ1n) is 11.5. The number of para-hydroxylation sites is 2.